The molecule has 3 rings (SSSR count). The van der Waals surface area contributed by atoms with Gasteiger partial charge >= 0.3 is 0 Å². The topological polar surface area (TPSA) is 52.4 Å². The van der Waals surface area contributed by atoms with E-state index in [4.69, 9.17) is 9.47 Å². The first kappa shape index (κ1) is 20.1. The van der Waals surface area contributed by atoms with Gasteiger partial charge in [0, 0.05) is 32.2 Å². The first-order valence-electron chi connectivity index (χ1n) is 9.07. The van der Waals surface area contributed by atoms with Crippen molar-refractivity contribution < 1.29 is 9.47 Å². The van der Waals surface area contributed by atoms with Crippen molar-refractivity contribution in [3.05, 3.63) is 11.6 Å². The quantitative estimate of drug-likeness (QED) is 0.492. The Balaban J connectivity index is 0.00000208. The van der Waals surface area contributed by atoms with Gasteiger partial charge in [-0.2, -0.15) is 0 Å². The van der Waals surface area contributed by atoms with Gasteiger partial charge in [0.2, 0.25) is 0 Å². The molecule has 3 heterocycles. The smallest absolute Gasteiger partial charge is 0.157 e. The van der Waals surface area contributed by atoms with Crippen LogP contribution in [0.3, 0.4) is 0 Å². The van der Waals surface area contributed by atoms with Crippen molar-refractivity contribution in [2.75, 3.05) is 26.3 Å². The van der Waals surface area contributed by atoms with Crippen LogP contribution in [0, 0.1) is 0 Å². The Hall–Kier alpha value is -0.250. The molecule has 0 bridgehead atoms. The van der Waals surface area contributed by atoms with Crippen molar-refractivity contribution in [2.24, 2.45) is 0 Å². The first-order valence-corrected chi connectivity index (χ1v) is 9.07. The minimum Gasteiger partial charge on any atom is -0.353 e. The van der Waals surface area contributed by atoms with E-state index in [9.17, 15) is 0 Å². The highest BCUT2D eigenvalue weighted by Gasteiger charge is 2.28. The third-order valence-electron chi connectivity index (χ3n) is 4.89. The number of nitrogens with zero attached hydrogens (tertiary/aromatic N) is 4. The second kappa shape index (κ2) is 9.45. The average molecular weight is 450 g/mol. The van der Waals surface area contributed by atoms with Gasteiger partial charge in [-0.05, 0) is 32.6 Å². The highest BCUT2D eigenvalue weighted by atomic mass is 127. The fourth-order valence-corrected chi connectivity index (χ4v) is 3.51. The van der Waals surface area contributed by atoms with Crippen LogP contribution in [0.25, 0.3) is 0 Å². The summed E-state index contributed by atoms with van der Waals surface area (Å²) in [5, 5.41) is 8.82. The molecule has 24 heavy (non-hydrogen) atoms. The highest BCUT2D eigenvalue weighted by molar-refractivity contribution is 14.0. The van der Waals surface area contributed by atoms with Crippen molar-refractivity contribution in [3.63, 3.8) is 0 Å². The van der Waals surface area contributed by atoms with Gasteiger partial charge in [0.15, 0.2) is 6.29 Å². The Labute approximate surface area is 162 Å². The largest absolute Gasteiger partial charge is 0.353 e. The van der Waals surface area contributed by atoms with Crippen LogP contribution < -0.4 is 0 Å². The molecule has 0 radical (unpaired) electrons. The van der Waals surface area contributed by atoms with Gasteiger partial charge in [-0.15, -0.1) is 34.2 Å². The van der Waals surface area contributed by atoms with Crippen LogP contribution in [0.1, 0.15) is 70.1 Å². The van der Waals surface area contributed by atoms with Gasteiger partial charge in [-0.25, -0.2) is 0 Å². The van der Waals surface area contributed by atoms with Gasteiger partial charge in [0.25, 0.3) is 0 Å². The summed E-state index contributed by atoms with van der Waals surface area (Å²) in [6.45, 7) is 11.3. The van der Waals surface area contributed by atoms with Gasteiger partial charge in [0.05, 0.1) is 12.6 Å². The third-order valence-corrected chi connectivity index (χ3v) is 4.89. The van der Waals surface area contributed by atoms with E-state index in [0.717, 1.165) is 57.3 Å². The normalized spacial score (nSPS) is 24.7. The molecule has 2 unspecified atom stereocenters. The lowest BCUT2D eigenvalue weighted by atomic mass is 10.1. The Morgan fingerprint density at radius 1 is 1.25 bits per heavy atom. The molecule has 1 fully saturated rings. The SMILES string of the molecule is CC(C)c1nnc2n1CCN(CCCOC1CCCCO1)C2C.I. The molecule has 0 spiro atoms. The lowest BCUT2D eigenvalue weighted by Gasteiger charge is -2.34. The molecule has 1 aromatic heterocycles. The van der Waals surface area contributed by atoms with Gasteiger partial charge in [-0.1, -0.05) is 13.8 Å². The summed E-state index contributed by atoms with van der Waals surface area (Å²) in [4.78, 5) is 2.49. The maximum absolute atomic E-state index is 5.83. The first-order chi connectivity index (χ1) is 11.2. The number of hydrogen-bond donors (Lipinski definition) is 0. The summed E-state index contributed by atoms with van der Waals surface area (Å²) >= 11 is 0. The maximum Gasteiger partial charge on any atom is 0.157 e. The molecule has 2 atom stereocenters. The van der Waals surface area contributed by atoms with E-state index in [1.165, 1.54) is 12.8 Å². The molecular formula is C17H31IN4O2. The summed E-state index contributed by atoms with van der Waals surface area (Å²) in [6, 6.07) is 0.328. The zero-order valence-corrected chi connectivity index (χ0v) is 17.4. The lowest BCUT2D eigenvalue weighted by Crippen LogP contribution is -2.38. The minimum absolute atomic E-state index is 0. The summed E-state index contributed by atoms with van der Waals surface area (Å²) in [5.74, 6) is 2.65. The second-order valence-electron chi connectivity index (χ2n) is 6.96. The standard InChI is InChI=1S/C17H30N4O2.HI/c1-13(2)16-18-19-17-14(3)20(9-10-21(16)17)8-6-12-23-15-7-4-5-11-22-15;/h13-15H,4-12H2,1-3H3;1H. The summed E-state index contributed by atoms with van der Waals surface area (Å²) < 4.78 is 13.7. The van der Waals surface area contributed by atoms with Crippen LogP contribution in [0.2, 0.25) is 0 Å². The van der Waals surface area contributed by atoms with Gasteiger partial charge < -0.3 is 14.0 Å². The number of aromatic nitrogens is 3. The molecule has 0 saturated carbocycles. The van der Waals surface area contributed by atoms with E-state index < -0.39 is 0 Å². The molecule has 0 aromatic carbocycles. The van der Waals surface area contributed by atoms with Crippen molar-refractivity contribution in [3.8, 4) is 0 Å². The van der Waals surface area contributed by atoms with Gasteiger partial charge in [-0.3, -0.25) is 4.90 Å². The van der Waals surface area contributed by atoms with Crippen molar-refractivity contribution >= 4 is 24.0 Å². The Bertz CT molecular complexity index is 503. The van der Waals surface area contributed by atoms with E-state index in [1.807, 2.05) is 0 Å². The van der Waals surface area contributed by atoms with Crippen molar-refractivity contribution in [1.29, 1.82) is 0 Å². The molecule has 7 heteroatoms. The molecule has 2 aliphatic heterocycles. The lowest BCUT2D eigenvalue weighted by molar-refractivity contribution is -0.163. The maximum atomic E-state index is 5.83. The molecular weight excluding hydrogens is 419 g/mol. The Morgan fingerprint density at radius 3 is 2.79 bits per heavy atom. The fraction of sp³-hybridized carbons (Fsp3) is 0.882. The predicted molar refractivity (Wildman–Crippen MR) is 104 cm³/mol. The third kappa shape index (κ3) is 4.68. The van der Waals surface area contributed by atoms with Crippen molar-refractivity contribution in [1.82, 2.24) is 19.7 Å². The molecule has 0 N–H and O–H groups in total. The number of ether oxygens (including phenoxy) is 2. The average Bonchev–Trinajstić information content (AvgIpc) is 2.99. The Kier molecular flexibility index (Phi) is 7.90. The van der Waals surface area contributed by atoms with Crippen LogP contribution in [-0.2, 0) is 16.0 Å². The monoisotopic (exact) mass is 450 g/mol. The van der Waals surface area contributed by atoms with E-state index in [0.29, 0.717) is 12.0 Å². The second-order valence-corrected chi connectivity index (χ2v) is 6.96. The summed E-state index contributed by atoms with van der Waals surface area (Å²) in [5.41, 5.74) is 0. The van der Waals surface area contributed by atoms with Crippen LogP contribution in [0.5, 0.6) is 0 Å². The number of hydrogen-bond acceptors (Lipinski definition) is 5. The van der Waals surface area contributed by atoms with E-state index >= 15 is 0 Å². The summed E-state index contributed by atoms with van der Waals surface area (Å²) in [7, 11) is 0. The van der Waals surface area contributed by atoms with Crippen LogP contribution in [0.4, 0.5) is 0 Å². The van der Waals surface area contributed by atoms with E-state index in [1.54, 1.807) is 0 Å². The molecule has 1 aromatic rings. The van der Waals surface area contributed by atoms with Crippen LogP contribution in [0.15, 0.2) is 0 Å². The number of halogens is 1. The molecule has 0 aliphatic carbocycles. The molecule has 2 aliphatic rings. The highest BCUT2D eigenvalue weighted by Crippen LogP contribution is 2.26. The molecule has 138 valence electrons. The minimum atomic E-state index is 0. The molecule has 0 amide bonds. The van der Waals surface area contributed by atoms with E-state index in [2.05, 4.69) is 40.4 Å². The van der Waals surface area contributed by atoms with Gasteiger partial charge in [0.1, 0.15) is 11.6 Å². The molecule has 1 saturated heterocycles. The van der Waals surface area contributed by atoms with Crippen molar-refractivity contribution in [2.45, 2.75) is 71.2 Å². The number of rotatable bonds is 6. The zero-order valence-electron chi connectivity index (χ0n) is 15.1. The van der Waals surface area contributed by atoms with Crippen LogP contribution in [-0.4, -0.2) is 52.3 Å². The van der Waals surface area contributed by atoms with E-state index in [-0.39, 0.29) is 30.3 Å². The van der Waals surface area contributed by atoms with Crippen LogP contribution >= 0.6 is 24.0 Å². The number of fused-ring (bicyclic) bond motifs is 1. The fourth-order valence-electron chi connectivity index (χ4n) is 3.51. The predicted octanol–water partition coefficient (Wildman–Crippen LogP) is 3.33. The molecule has 6 nitrogen and oxygen atoms in total. The zero-order chi connectivity index (χ0) is 16.2. The Morgan fingerprint density at radius 2 is 2.08 bits per heavy atom. The summed E-state index contributed by atoms with van der Waals surface area (Å²) in [6.07, 6.45) is 4.50.